The molecule has 0 bridgehead atoms. The molecule has 120 valence electrons. The van der Waals surface area contributed by atoms with Gasteiger partial charge in [-0.25, -0.2) is 4.98 Å². The van der Waals surface area contributed by atoms with Gasteiger partial charge in [0.2, 0.25) is 5.91 Å². The Hall–Kier alpha value is -1.45. The molecule has 0 saturated heterocycles. The van der Waals surface area contributed by atoms with Crippen LogP contribution in [0.25, 0.3) is 10.2 Å². The van der Waals surface area contributed by atoms with E-state index in [1.54, 1.807) is 6.33 Å². The number of nitrogens with one attached hydrogen (secondary N) is 1. The molecule has 0 unspecified atom stereocenters. The van der Waals surface area contributed by atoms with Crippen LogP contribution in [0.5, 0.6) is 0 Å². The van der Waals surface area contributed by atoms with E-state index in [2.05, 4.69) is 36.4 Å². The standard InChI is InChI=1S/C14H14BrN5OS2/c1-8(2)20-7-16-19-14(20)22-6-12(21)18-13-17-10-4-3-9(15)5-11(10)23-13/h3-5,7-8H,6H2,1-2H3,(H,17,18,21). The summed E-state index contributed by atoms with van der Waals surface area (Å²) in [7, 11) is 0. The van der Waals surface area contributed by atoms with Crippen molar-refractivity contribution in [3.8, 4) is 0 Å². The number of halogens is 1. The van der Waals surface area contributed by atoms with Crippen LogP contribution in [0.4, 0.5) is 5.13 Å². The lowest BCUT2D eigenvalue weighted by Crippen LogP contribution is -2.14. The first-order valence-electron chi connectivity index (χ1n) is 6.91. The van der Waals surface area contributed by atoms with Crippen LogP contribution in [0.15, 0.2) is 34.2 Å². The Bertz CT molecular complexity index is 845. The molecule has 0 radical (unpaired) electrons. The second-order valence-electron chi connectivity index (χ2n) is 5.08. The van der Waals surface area contributed by atoms with Gasteiger partial charge in [-0.15, -0.1) is 10.2 Å². The third-order valence-corrected chi connectivity index (χ3v) is 5.41. The topological polar surface area (TPSA) is 72.7 Å². The van der Waals surface area contributed by atoms with Crippen molar-refractivity contribution in [3.63, 3.8) is 0 Å². The fourth-order valence-electron chi connectivity index (χ4n) is 1.93. The van der Waals surface area contributed by atoms with E-state index in [0.717, 1.165) is 19.8 Å². The second kappa shape index (κ2) is 6.98. The summed E-state index contributed by atoms with van der Waals surface area (Å²) in [4.78, 5) is 16.5. The molecule has 23 heavy (non-hydrogen) atoms. The van der Waals surface area contributed by atoms with Gasteiger partial charge in [-0.2, -0.15) is 0 Å². The number of amides is 1. The maximum atomic E-state index is 12.1. The van der Waals surface area contributed by atoms with Gasteiger partial charge in [-0.1, -0.05) is 39.0 Å². The van der Waals surface area contributed by atoms with Gasteiger partial charge in [0.1, 0.15) is 6.33 Å². The molecule has 0 aliphatic heterocycles. The van der Waals surface area contributed by atoms with Crippen molar-refractivity contribution in [2.45, 2.75) is 25.0 Å². The van der Waals surface area contributed by atoms with Gasteiger partial charge in [0.15, 0.2) is 10.3 Å². The minimum Gasteiger partial charge on any atom is -0.306 e. The highest BCUT2D eigenvalue weighted by molar-refractivity contribution is 9.10. The van der Waals surface area contributed by atoms with Crippen molar-refractivity contribution in [1.82, 2.24) is 19.7 Å². The third kappa shape index (κ3) is 3.91. The summed E-state index contributed by atoms with van der Waals surface area (Å²) in [6, 6.07) is 6.11. The molecule has 6 nitrogen and oxygen atoms in total. The zero-order valence-electron chi connectivity index (χ0n) is 12.5. The zero-order valence-corrected chi connectivity index (χ0v) is 15.7. The minimum absolute atomic E-state index is 0.105. The predicted octanol–water partition coefficient (Wildman–Crippen LogP) is 3.96. The highest BCUT2D eigenvalue weighted by Gasteiger charge is 2.12. The Morgan fingerprint density at radius 2 is 2.30 bits per heavy atom. The molecule has 0 atom stereocenters. The molecule has 2 heterocycles. The van der Waals surface area contributed by atoms with E-state index in [1.165, 1.54) is 23.1 Å². The molecule has 9 heteroatoms. The Kier molecular flexibility index (Phi) is 4.98. The molecule has 0 aliphatic carbocycles. The van der Waals surface area contributed by atoms with Crippen molar-refractivity contribution in [1.29, 1.82) is 0 Å². The maximum absolute atomic E-state index is 12.1. The van der Waals surface area contributed by atoms with Crippen molar-refractivity contribution in [3.05, 3.63) is 29.0 Å². The summed E-state index contributed by atoms with van der Waals surface area (Å²) in [6.07, 6.45) is 1.68. The number of thiazole rings is 1. The number of carbonyl (C=O) groups excluding carboxylic acids is 1. The predicted molar refractivity (Wildman–Crippen MR) is 97.1 cm³/mol. The quantitative estimate of drug-likeness (QED) is 0.643. The molecule has 3 aromatic rings. The molecule has 1 aromatic carbocycles. The van der Waals surface area contributed by atoms with Gasteiger partial charge < -0.3 is 9.88 Å². The first-order chi connectivity index (χ1) is 11.0. The molecule has 0 spiro atoms. The highest BCUT2D eigenvalue weighted by atomic mass is 79.9. The largest absolute Gasteiger partial charge is 0.306 e. The van der Waals surface area contributed by atoms with Crippen LogP contribution < -0.4 is 5.32 Å². The molecule has 3 rings (SSSR count). The lowest BCUT2D eigenvalue weighted by atomic mass is 10.3. The van der Waals surface area contributed by atoms with Crippen LogP contribution in [-0.4, -0.2) is 31.4 Å². The van der Waals surface area contributed by atoms with Crippen LogP contribution in [0.2, 0.25) is 0 Å². The highest BCUT2D eigenvalue weighted by Crippen LogP contribution is 2.28. The lowest BCUT2D eigenvalue weighted by molar-refractivity contribution is -0.113. The number of thioether (sulfide) groups is 1. The molecule has 0 fully saturated rings. The molecular weight excluding hydrogens is 398 g/mol. The van der Waals surface area contributed by atoms with Crippen molar-refractivity contribution >= 4 is 60.3 Å². The Morgan fingerprint density at radius 1 is 1.48 bits per heavy atom. The molecule has 0 aliphatic rings. The van der Waals surface area contributed by atoms with E-state index in [-0.39, 0.29) is 17.7 Å². The molecule has 2 aromatic heterocycles. The van der Waals surface area contributed by atoms with E-state index in [1.807, 2.05) is 36.6 Å². The summed E-state index contributed by atoms with van der Waals surface area (Å²) in [5.41, 5.74) is 0.876. The SMILES string of the molecule is CC(C)n1cnnc1SCC(=O)Nc1nc2ccc(Br)cc2s1. The van der Waals surface area contributed by atoms with E-state index in [9.17, 15) is 4.79 Å². The summed E-state index contributed by atoms with van der Waals surface area (Å²) >= 11 is 6.25. The van der Waals surface area contributed by atoms with Gasteiger partial charge >= 0.3 is 0 Å². The average molecular weight is 412 g/mol. The molecule has 0 saturated carbocycles. The van der Waals surface area contributed by atoms with Crippen molar-refractivity contribution < 1.29 is 4.79 Å². The van der Waals surface area contributed by atoms with Gasteiger partial charge in [-0.05, 0) is 32.0 Å². The van der Waals surface area contributed by atoms with Crippen LogP contribution in [0.1, 0.15) is 19.9 Å². The van der Waals surface area contributed by atoms with Crippen LogP contribution >= 0.6 is 39.0 Å². The first-order valence-corrected chi connectivity index (χ1v) is 9.50. The Balaban J connectivity index is 1.63. The van der Waals surface area contributed by atoms with E-state index in [4.69, 9.17) is 0 Å². The summed E-state index contributed by atoms with van der Waals surface area (Å²) < 4.78 is 3.96. The number of hydrogen-bond acceptors (Lipinski definition) is 6. The zero-order chi connectivity index (χ0) is 16.4. The minimum atomic E-state index is -0.105. The first kappa shape index (κ1) is 16.4. The number of anilines is 1. The fraction of sp³-hybridized carbons (Fsp3) is 0.286. The van der Waals surface area contributed by atoms with E-state index in [0.29, 0.717) is 5.13 Å². The average Bonchev–Trinajstić information content (AvgIpc) is 3.10. The Labute approximate surface area is 149 Å². The number of nitrogens with zero attached hydrogens (tertiary/aromatic N) is 4. The second-order valence-corrected chi connectivity index (χ2v) is 7.97. The normalized spacial score (nSPS) is 11.3. The number of aromatic nitrogens is 4. The van der Waals surface area contributed by atoms with Crippen molar-refractivity contribution in [2.24, 2.45) is 0 Å². The third-order valence-electron chi connectivity index (χ3n) is 3.03. The summed E-state index contributed by atoms with van der Waals surface area (Å²) in [5.74, 6) is 0.164. The number of hydrogen-bond donors (Lipinski definition) is 1. The van der Waals surface area contributed by atoms with Gasteiger partial charge in [0.25, 0.3) is 0 Å². The maximum Gasteiger partial charge on any atom is 0.236 e. The smallest absolute Gasteiger partial charge is 0.236 e. The van der Waals surface area contributed by atoms with Crippen LogP contribution in [0.3, 0.4) is 0 Å². The number of rotatable bonds is 5. The number of fused-ring (bicyclic) bond motifs is 1. The van der Waals surface area contributed by atoms with Gasteiger partial charge in [-0.3, -0.25) is 4.79 Å². The van der Waals surface area contributed by atoms with E-state index >= 15 is 0 Å². The molecule has 1 N–H and O–H groups in total. The summed E-state index contributed by atoms with van der Waals surface area (Å²) in [6.45, 7) is 4.10. The lowest BCUT2D eigenvalue weighted by Gasteiger charge is -2.08. The number of benzene rings is 1. The van der Waals surface area contributed by atoms with Crippen LogP contribution in [0, 0.1) is 0 Å². The van der Waals surface area contributed by atoms with Crippen molar-refractivity contribution in [2.75, 3.05) is 11.1 Å². The Morgan fingerprint density at radius 3 is 3.09 bits per heavy atom. The molecule has 1 amide bonds. The summed E-state index contributed by atoms with van der Waals surface area (Å²) in [5, 5.41) is 12.1. The number of carbonyl (C=O) groups is 1. The van der Waals surface area contributed by atoms with Crippen LogP contribution in [-0.2, 0) is 4.79 Å². The monoisotopic (exact) mass is 411 g/mol. The van der Waals surface area contributed by atoms with E-state index < -0.39 is 0 Å². The van der Waals surface area contributed by atoms with Gasteiger partial charge in [0.05, 0.1) is 16.0 Å². The fourth-order valence-corrected chi connectivity index (χ4v) is 4.21. The molecular formula is C14H14BrN5OS2. The van der Waals surface area contributed by atoms with Gasteiger partial charge in [0, 0.05) is 10.5 Å².